The van der Waals surface area contributed by atoms with Gasteiger partial charge in [0, 0.05) is 56.1 Å². The average Bonchev–Trinajstić information content (AvgIpc) is 3.20. The van der Waals surface area contributed by atoms with Gasteiger partial charge in [0.15, 0.2) is 17.5 Å². The number of guanidine groups is 1. The Bertz CT molecular complexity index is 2240. The molecule has 338 valence electrons. The van der Waals surface area contributed by atoms with E-state index in [0.29, 0.717) is 43.5 Å². The fourth-order valence-electron chi connectivity index (χ4n) is 6.66. The number of aliphatic hydroxyl groups is 1. The van der Waals surface area contributed by atoms with Crippen molar-refractivity contribution < 1.29 is 57.6 Å². The number of aromatic hydroxyl groups is 1. The third-order valence-electron chi connectivity index (χ3n) is 9.68. The molecule has 0 bridgehead atoms. The fourth-order valence-corrected chi connectivity index (χ4v) is 6.66. The molecule has 1 amide bonds. The van der Waals surface area contributed by atoms with E-state index >= 15 is 0 Å². The smallest absolute Gasteiger partial charge is 0.373 e. The third kappa shape index (κ3) is 16.3. The van der Waals surface area contributed by atoms with E-state index in [1.54, 1.807) is 0 Å². The number of Topliss-reactive ketones (excluding diaryl/α,β-unsaturated/α-hetero) is 2. The van der Waals surface area contributed by atoms with Crippen molar-refractivity contribution in [2.24, 2.45) is 28.3 Å². The lowest BCUT2D eigenvalue weighted by Crippen LogP contribution is -2.26. The topological polar surface area (TPSA) is 277 Å². The van der Waals surface area contributed by atoms with Gasteiger partial charge in [-0.15, -0.1) is 0 Å². The Kier molecular flexibility index (Phi) is 21.8. The first-order valence-corrected chi connectivity index (χ1v) is 20.2. The maximum atomic E-state index is 14.5. The molecule has 0 aliphatic rings. The maximum Gasteiger partial charge on any atom is 0.373 e. The summed E-state index contributed by atoms with van der Waals surface area (Å²) in [6, 6.07) is 2.90. The number of carbonyl (C=O) groups is 4. The maximum absolute atomic E-state index is 14.5. The normalized spacial score (nSPS) is 11.5. The Labute approximate surface area is 360 Å². The number of benzene rings is 2. The summed E-state index contributed by atoms with van der Waals surface area (Å²) >= 11 is 0. The van der Waals surface area contributed by atoms with Crippen molar-refractivity contribution in [3.05, 3.63) is 62.3 Å². The van der Waals surface area contributed by atoms with Gasteiger partial charge in [-0.2, -0.15) is 9.59 Å². The Hall–Kier alpha value is -6.32. The zero-order chi connectivity index (χ0) is 46.5. The number of aliphatic hydroxyl groups excluding tert-OH is 1. The highest BCUT2D eigenvalue weighted by molar-refractivity contribution is 5.97. The summed E-state index contributed by atoms with van der Waals surface area (Å²) in [6.07, 6.45) is 6.60. The number of esters is 1. The van der Waals surface area contributed by atoms with Crippen LogP contribution in [0.2, 0.25) is 0 Å². The van der Waals surface area contributed by atoms with Crippen LogP contribution >= 0.6 is 0 Å². The van der Waals surface area contributed by atoms with E-state index in [2.05, 4.69) is 10.3 Å². The first-order valence-electron chi connectivity index (χ1n) is 20.2. The Morgan fingerprint density at radius 1 is 0.855 bits per heavy atom. The number of fused-ring (bicyclic) bond motifs is 2. The second kappa shape index (κ2) is 26.1. The molecular formula is C45H60N4O13. The number of amides is 1. The van der Waals surface area contributed by atoms with Gasteiger partial charge in [0.25, 0.3) is 0 Å². The number of allylic oxidation sites excluding steroid dienone is 4. The Morgan fingerprint density at radius 3 is 1.94 bits per heavy atom. The predicted molar refractivity (Wildman–Crippen MR) is 232 cm³/mol. The number of ether oxygens (including phenoxy) is 3. The van der Waals surface area contributed by atoms with Gasteiger partial charge in [-0.3, -0.25) is 29.0 Å². The number of aliphatic imine (C=N–C) groups is 1. The Balaban J connectivity index is 0.00000428. The van der Waals surface area contributed by atoms with Crippen molar-refractivity contribution >= 4 is 57.5 Å². The van der Waals surface area contributed by atoms with Gasteiger partial charge in [-0.1, -0.05) is 30.2 Å². The number of carbonyl (C=O) groups excluding carboxylic acids is 6. The Morgan fingerprint density at radius 2 is 1.40 bits per heavy atom. The summed E-state index contributed by atoms with van der Waals surface area (Å²) in [6.45, 7) is 10.4. The minimum absolute atomic E-state index is 0.0162. The summed E-state index contributed by atoms with van der Waals surface area (Å²) < 4.78 is 23.3. The molecule has 7 N–H and O–H groups in total. The second-order valence-corrected chi connectivity index (χ2v) is 15.4. The highest BCUT2D eigenvalue weighted by atomic mass is 16.5. The standard InChI is InChI=1S/C44H60N4O11.CO2/c1-25(2)12-14-32-34(22-49)36(58-23-30(51)18-27(5)10-8-17-48-44(45)46)21-37-39(32)42(54)40-38(59-37)20-35(33(41(40)53)15-13-26(3)4)57-24-31(52)19-29(43(55)56-7)11-9-16-47-28(6)50;2-1-3/h12-13,20-21,27,29,49,53H,8-11,14-19,22-24H2,1-7H3,(H,47,50)(H4,45,46,48);/t27-,29-;/m1./s1. The molecule has 0 aliphatic carbocycles. The van der Waals surface area contributed by atoms with Crippen LogP contribution in [0.4, 0.5) is 0 Å². The molecule has 2 aromatic carbocycles. The van der Waals surface area contributed by atoms with Crippen LogP contribution in [-0.2, 0) is 53.0 Å². The van der Waals surface area contributed by atoms with Crippen molar-refractivity contribution in [2.45, 2.75) is 99.5 Å². The summed E-state index contributed by atoms with van der Waals surface area (Å²) in [5, 5.41) is 25.1. The molecule has 3 aromatic rings. The van der Waals surface area contributed by atoms with E-state index in [1.165, 1.54) is 26.2 Å². The van der Waals surface area contributed by atoms with Gasteiger partial charge >= 0.3 is 12.1 Å². The first-order chi connectivity index (χ1) is 29.4. The number of phenolic OH excluding ortho intramolecular Hbond substituents is 1. The van der Waals surface area contributed by atoms with Crippen molar-refractivity contribution in [3.8, 4) is 17.2 Å². The van der Waals surface area contributed by atoms with Gasteiger partial charge < -0.3 is 45.6 Å². The van der Waals surface area contributed by atoms with Crippen LogP contribution in [0.15, 0.2) is 49.6 Å². The zero-order valence-corrected chi connectivity index (χ0v) is 36.6. The molecule has 0 spiro atoms. The molecule has 0 saturated carbocycles. The molecule has 0 fully saturated rings. The molecule has 0 aliphatic heterocycles. The van der Waals surface area contributed by atoms with Gasteiger partial charge in [0.05, 0.1) is 25.0 Å². The lowest BCUT2D eigenvalue weighted by molar-refractivity contribution is -0.191. The van der Waals surface area contributed by atoms with Crippen LogP contribution in [0.5, 0.6) is 17.2 Å². The van der Waals surface area contributed by atoms with Crippen LogP contribution in [-0.4, -0.2) is 79.2 Å². The zero-order valence-electron chi connectivity index (χ0n) is 36.6. The summed E-state index contributed by atoms with van der Waals surface area (Å²) in [4.78, 5) is 84.7. The van der Waals surface area contributed by atoms with Crippen molar-refractivity contribution in [3.63, 3.8) is 0 Å². The van der Waals surface area contributed by atoms with Crippen LogP contribution in [0.1, 0.15) is 96.8 Å². The number of rotatable bonds is 24. The summed E-state index contributed by atoms with van der Waals surface area (Å²) in [7, 11) is 1.24. The molecule has 62 heavy (non-hydrogen) atoms. The van der Waals surface area contributed by atoms with Gasteiger partial charge in [0.1, 0.15) is 47.0 Å². The van der Waals surface area contributed by atoms with E-state index in [4.69, 9.17) is 39.7 Å². The number of hydrogen-bond acceptors (Lipinski definition) is 14. The van der Waals surface area contributed by atoms with Crippen molar-refractivity contribution in [2.75, 3.05) is 33.4 Å². The lowest BCUT2D eigenvalue weighted by Gasteiger charge is -2.18. The molecule has 1 aromatic heterocycles. The number of ketones is 2. The highest BCUT2D eigenvalue weighted by Crippen LogP contribution is 2.39. The van der Waals surface area contributed by atoms with Crippen LogP contribution in [0, 0.1) is 11.8 Å². The number of nitrogens with zero attached hydrogens (tertiary/aromatic N) is 1. The molecular weight excluding hydrogens is 805 g/mol. The van der Waals surface area contributed by atoms with Gasteiger partial charge in [0.2, 0.25) is 11.3 Å². The summed E-state index contributed by atoms with van der Waals surface area (Å²) in [5.74, 6) is -2.17. The van der Waals surface area contributed by atoms with Crippen LogP contribution < -0.4 is 31.7 Å². The third-order valence-corrected chi connectivity index (χ3v) is 9.68. The number of phenols is 1. The predicted octanol–water partition coefficient (Wildman–Crippen LogP) is 4.65. The largest absolute Gasteiger partial charge is 0.507 e. The molecule has 17 nitrogen and oxygen atoms in total. The minimum atomic E-state index is -0.758. The number of nitrogens with two attached hydrogens (primary N) is 2. The number of hydrogen-bond donors (Lipinski definition) is 5. The quantitative estimate of drug-likeness (QED) is 0.0205. The van der Waals surface area contributed by atoms with E-state index < -0.39 is 36.3 Å². The average molecular weight is 865 g/mol. The van der Waals surface area contributed by atoms with Crippen molar-refractivity contribution in [1.29, 1.82) is 0 Å². The number of methoxy groups -OCH3 is 1. The second-order valence-electron chi connectivity index (χ2n) is 15.4. The molecule has 0 radical (unpaired) electrons. The molecule has 3 rings (SSSR count). The molecule has 0 unspecified atom stereocenters. The van der Waals surface area contributed by atoms with E-state index in [-0.39, 0.29) is 107 Å². The van der Waals surface area contributed by atoms with E-state index in [0.717, 1.165) is 17.6 Å². The van der Waals surface area contributed by atoms with Gasteiger partial charge in [-0.05, 0) is 77.7 Å². The van der Waals surface area contributed by atoms with Gasteiger partial charge in [-0.25, -0.2) is 0 Å². The first kappa shape index (κ1) is 51.8. The molecule has 2 atom stereocenters. The fraction of sp³-hybridized carbons (Fsp3) is 0.489. The van der Waals surface area contributed by atoms with E-state index in [1.807, 2.05) is 46.8 Å². The SMILES string of the molecule is COC(=O)[C@H](CCCNC(C)=O)CC(=O)COc1cc2oc3cc(OCC(=O)C[C@H](C)CCCN=C(N)N)c(CO)c(CC=C(C)C)c3c(=O)c2c(O)c1CC=C(C)C.O=C=O. The van der Waals surface area contributed by atoms with Crippen LogP contribution in [0.3, 0.4) is 0 Å². The van der Waals surface area contributed by atoms with Crippen LogP contribution in [0.25, 0.3) is 21.9 Å². The monoisotopic (exact) mass is 864 g/mol. The highest BCUT2D eigenvalue weighted by Gasteiger charge is 2.26. The molecule has 1 heterocycles. The lowest BCUT2D eigenvalue weighted by atomic mass is 9.95. The van der Waals surface area contributed by atoms with Crippen molar-refractivity contribution in [1.82, 2.24) is 5.32 Å². The molecule has 17 heteroatoms. The number of nitrogens with one attached hydrogen (secondary N) is 1. The molecule has 0 saturated heterocycles. The minimum Gasteiger partial charge on any atom is -0.507 e. The van der Waals surface area contributed by atoms with E-state index in [9.17, 15) is 34.2 Å². The summed E-state index contributed by atoms with van der Waals surface area (Å²) in [5.41, 5.74) is 13.1.